The van der Waals surface area contributed by atoms with Crippen LogP contribution in [-0.2, 0) is 23.7 Å². The Morgan fingerprint density at radius 1 is 0.164 bits per heavy atom. The number of benzene rings is 15. The summed E-state index contributed by atoms with van der Waals surface area (Å²) in [6.07, 6.45) is 1.68. The van der Waals surface area contributed by atoms with Crippen LogP contribution in [-0.4, -0.2) is 29.9 Å². The molecule has 2 aromatic heterocycles. The lowest BCUT2D eigenvalue weighted by molar-refractivity contribution is 0.660. The van der Waals surface area contributed by atoms with Crippen molar-refractivity contribution in [2.24, 2.45) is 0 Å². The van der Waals surface area contributed by atoms with Crippen molar-refractivity contribution in [1.29, 1.82) is 0 Å². The largest absolute Gasteiger partial charge is 0.208 e. The lowest BCUT2D eigenvalue weighted by atomic mass is 9.82. The summed E-state index contributed by atoms with van der Waals surface area (Å²) in [6.45, 7) is 9.24. The first-order valence-electron chi connectivity index (χ1n) is 38.1. The molecule has 21 rings (SSSR count). The van der Waals surface area contributed by atoms with Gasteiger partial charge >= 0.3 is 0 Å². The van der Waals surface area contributed by atoms with Crippen LogP contribution in [0.1, 0.15) is 72.2 Å². The molecule has 0 unspecified atom stereocenters. The number of nitrogens with zero attached hydrogens (tertiary/aromatic N) is 6. The highest BCUT2D eigenvalue weighted by Gasteiger charge is 2.38. The third-order valence-corrected chi connectivity index (χ3v) is 23.3. The van der Waals surface area contributed by atoms with Crippen LogP contribution >= 0.6 is 0 Å². The monoisotopic (exact) mass is 1410 g/mol. The highest BCUT2D eigenvalue weighted by Crippen LogP contribution is 2.53. The molecule has 0 atom stereocenters. The molecule has 4 aliphatic rings. The fraction of sp³-hybridized carbons (Fsp3) is 0.0769. The van der Waals surface area contributed by atoms with Gasteiger partial charge in [0.2, 0.25) is 0 Å². The minimum atomic E-state index is -0.0704. The second kappa shape index (κ2) is 26.7. The molecule has 0 N–H and O–H groups in total. The summed E-state index contributed by atoms with van der Waals surface area (Å²) in [7, 11) is 0. The number of hydrogen-bond donors (Lipinski definition) is 0. The minimum absolute atomic E-state index is 0.0632. The topological polar surface area (TPSA) is 77.3 Å². The van der Waals surface area contributed by atoms with Crippen molar-refractivity contribution in [3.05, 3.63) is 396 Å². The molecule has 15 aromatic carbocycles. The van der Waals surface area contributed by atoms with Gasteiger partial charge in [0.25, 0.3) is 0 Å². The van der Waals surface area contributed by atoms with E-state index in [9.17, 15) is 0 Å². The van der Waals surface area contributed by atoms with E-state index in [2.05, 4.69) is 343 Å². The predicted octanol–water partition coefficient (Wildman–Crippen LogP) is 25.8. The molecule has 0 fully saturated rings. The molecule has 0 aliphatic heterocycles. The molecule has 4 aliphatic carbocycles. The van der Waals surface area contributed by atoms with E-state index in [0.29, 0.717) is 34.9 Å². The number of aromatic nitrogens is 6. The standard InChI is InChI=1S/C55H39N3.C49H35N3/c1-55(2)50-25-10-9-20-46(50)49-33-41(30-31-51(49)55)54-57-52(38-16-7-4-8-17-38)56-53(58-54)40-19-11-18-39(32-40)43-22-13-24-45-44-23-12-21-42(47(44)34-48(43)45)37-28-26-36(27-29-37)35-14-5-3-6-15-35;1-49(2)44-22-10-9-17-39(44)43-29-35(27-28-45(43)49)47-50-46(34-15-7-4-8-16-34)51-48(52-47)40-21-12-20-38-37-19-11-18-36(41(37)30-42(38)40)33-25-23-32(24-26-33)31-13-5-3-6-14-31/h3-33H,34H2,1-2H3;3-29H,30H2,1-2H3. The van der Waals surface area contributed by atoms with Crippen LogP contribution in [0.2, 0.25) is 0 Å². The third-order valence-electron chi connectivity index (χ3n) is 23.3. The molecule has 6 heteroatoms. The van der Waals surface area contributed by atoms with E-state index < -0.39 is 0 Å². The Morgan fingerprint density at radius 3 is 0.818 bits per heavy atom. The van der Waals surface area contributed by atoms with E-state index in [-0.39, 0.29) is 10.8 Å². The summed E-state index contributed by atoms with van der Waals surface area (Å²) in [5, 5.41) is 0. The van der Waals surface area contributed by atoms with E-state index in [0.717, 1.165) is 51.8 Å². The molecule has 2 heterocycles. The molecular weight excluding hydrogens is 1330 g/mol. The van der Waals surface area contributed by atoms with Crippen LogP contribution in [0.15, 0.2) is 352 Å². The van der Waals surface area contributed by atoms with Gasteiger partial charge in [-0.15, -0.1) is 0 Å². The van der Waals surface area contributed by atoms with Crippen molar-refractivity contribution in [3.63, 3.8) is 0 Å². The first-order chi connectivity index (χ1) is 54.0. The fourth-order valence-electron chi connectivity index (χ4n) is 17.7. The number of fused-ring (bicyclic) bond motifs is 12. The summed E-state index contributed by atoms with van der Waals surface area (Å²) >= 11 is 0. The Labute approximate surface area is 642 Å². The first kappa shape index (κ1) is 65.8. The lowest BCUT2D eigenvalue weighted by Crippen LogP contribution is -2.14. The van der Waals surface area contributed by atoms with E-state index >= 15 is 0 Å². The van der Waals surface area contributed by atoms with Gasteiger partial charge in [-0.3, -0.25) is 0 Å². The zero-order valence-corrected chi connectivity index (χ0v) is 61.6. The van der Waals surface area contributed by atoms with Crippen LogP contribution in [0.3, 0.4) is 0 Å². The highest BCUT2D eigenvalue weighted by atomic mass is 15.0. The highest BCUT2D eigenvalue weighted by molar-refractivity contribution is 5.93. The van der Waals surface area contributed by atoms with Crippen LogP contribution in [0.25, 0.3) is 168 Å². The lowest BCUT2D eigenvalue weighted by Gasteiger charge is -2.21. The van der Waals surface area contributed by atoms with E-state index in [4.69, 9.17) is 29.9 Å². The molecular formula is C104H74N6. The van der Waals surface area contributed by atoms with Crippen molar-refractivity contribution < 1.29 is 0 Å². The van der Waals surface area contributed by atoms with Crippen molar-refractivity contribution >= 4 is 0 Å². The average molecular weight is 1410 g/mol. The van der Waals surface area contributed by atoms with Crippen molar-refractivity contribution in [3.8, 4) is 168 Å². The van der Waals surface area contributed by atoms with Crippen LogP contribution < -0.4 is 0 Å². The Balaban J connectivity index is 0.000000145. The molecule has 0 amide bonds. The van der Waals surface area contributed by atoms with Gasteiger partial charge in [-0.1, -0.05) is 361 Å². The van der Waals surface area contributed by atoms with Gasteiger partial charge in [-0.05, 0) is 169 Å². The van der Waals surface area contributed by atoms with Gasteiger partial charge in [0.1, 0.15) is 0 Å². The molecule has 520 valence electrons. The number of rotatable bonds is 11. The molecule has 17 aromatic rings. The molecule has 0 saturated heterocycles. The summed E-state index contributed by atoms with van der Waals surface area (Å²) < 4.78 is 0. The SMILES string of the molecule is CC1(C)c2ccccc2-c2cc(-c3nc(-c4ccccc4)nc(-c4cccc(-c5cccc6c5Cc5c(-c7ccc(-c8ccccc8)cc7)cccc5-6)c4)n3)ccc21.CC1(C)c2ccccc2-c2cc(-c3nc(-c4ccccc4)nc(-c4cccc5c4Cc4c(-c6ccc(-c7ccccc7)cc6)cccc4-5)n3)ccc21. The fourth-order valence-corrected chi connectivity index (χ4v) is 17.7. The third kappa shape index (κ3) is 11.4. The van der Waals surface area contributed by atoms with Gasteiger partial charge in [0.15, 0.2) is 34.9 Å². The van der Waals surface area contributed by atoms with Crippen LogP contribution in [0.5, 0.6) is 0 Å². The van der Waals surface area contributed by atoms with Crippen molar-refractivity contribution in [1.82, 2.24) is 29.9 Å². The summed E-state index contributed by atoms with van der Waals surface area (Å²) in [4.78, 5) is 31.0. The predicted molar refractivity (Wildman–Crippen MR) is 451 cm³/mol. The minimum Gasteiger partial charge on any atom is -0.208 e. The van der Waals surface area contributed by atoms with Gasteiger partial charge in [-0.25, -0.2) is 29.9 Å². The molecule has 0 saturated carbocycles. The molecule has 110 heavy (non-hydrogen) atoms. The second-order valence-corrected chi connectivity index (χ2v) is 30.4. The average Bonchev–Trinajstić information content (AvgIpc) is 1.59. The normalized spacial score (nSPS) is 13.2. The van der Waals surface area contributed by atoms with Crippen LogP contribution in [0.4, 0.5) is 0 Å². The van der Waals surface area contributed by atoms with Crippen molar-refractivity contribution in [2.45, 2.75) is 51.4 Å². The maximum Gasteiger partial charge on any atom is 0.164 e. The van der Waals surface area contributed by atoms with Gasteiger partial charge in [0.05, 0.1) is 0 Å². The molecule has 0 radical (unpaired) electrons. The van der Waals surface area contributed by atoms with E-state index in [1.165, 1.54) is 139 Å². The second-order valence-electron chi connectivity index (χ2n) is 30.4. The van der Waals surface area contributed by atoms with Crippen LogP contribution in [0, 0.1) is 0 Å². The first-order valence-corrected chi connectivity index (χ1v) is 38.1. The molecule has 6 nitrogen and oxygen atoms in total. The van der Waals surface area contributed by atoms with E-state index in [1.807, 2.05) is 36.4 Å². The van der Waals surface area contributed by atoms with Gasteiger partial charge in [0, 0.05) is 50.6 Å². The Hall–Kier alpha value is -13.7. The summed E-state index contributed by atoms with van der Waals surface area (Å²) in [6, 6.07) is 126. The Bertz CT molecular complexity index is 6480. The van der Waals surface area contributed by atoms with E-state index in [1.54, 1.807) is 0 Å². The maximum atomic E-state index is 5.25. The molecule has 0 spiro atoms. The van der Waals surface area contributed by atoms with Crippen molar-refractivity contribution in [2.75, 3.05) is 0 Å². The summed E-state index contributed by atoms with van der Waals surface area (Å²) in [5.41, 5.74) is 39.0. The Morgan fingerprint density at radius 2 is 0.409 bits per heavy atom. The zero-order valence-electron chi connectivity index (χ0n) is 61.6. The zero-order chi connectivity index (χ0) is 73.6. The van der Waals surface area contributed by atoms with Gasteiger partial charge in [-0.2, -0.15) is 0 Å². The van der Waals surface area contributed by atoms with Gasteiger partial charge < -0.3 is 0 Å². The smallest absolute Gasteiger partial charge is 0.164 e. The number of hydrogen-bond acceptors (Lipinski definition) is 6. The maximum absolute atomic E-state index is 5.25. The summed E-state index contributed by atoms with van der Waals surface area (Å²) in [5.74, 6) is 4.04. The quantitative estimate of drug-likeness (QED) is 0.128. The molecule has 0 bridgehead atoms. The Kier molecular flexibility index (Phi) is 16.0.